The molecule has 2 N–H and O–H groups in total. The van der Waals surface area contributed by atoms with E-state index in [1.54, 1.807) is 12.1 Å². The molecule has 0 unspecified atom stereocenters. The molecule has 4 nitrogen and oxygen atoms in total. The number of thiocarbonyl (C=S) groups is 1. The van der Waals surface area contributed by atoms with Crippen LogP contribution in [0.5, 0.6) is 0 Å². The second-order valence-electron chi connectivity index (χ2n) is 5.59. The van der Waals surface area contributed by atoms with E-state index in [9.17, 15) is 4.79 Å². The molecule has 1 aliphatic rings. The predicted octanol–water partition coefficient (Wildman–Crippen LogP) is 3.42. The minimum Gasteiger partial charge on any atom is -0.360 e. The number of amides is 1. The lowest BCUT2D eigenvalue weighted by molar-refractivity contribution is -0.119. The number of anilines is 1. The van der Waals surface area contributed by atoms with Crippen LogP contribution in [0.1, 0.15) is 33.1 Å². The van der Waals surface area contributed by atoms with Crippen molar-refractivity contribution >= 4 is 40.5 Å². The maximum atomic E-state index is 12.5. The van der Waals surface area contributed by atoms with Gasteiger partial charge in [0, 0.05) is 23.3 Å². The molecule has 1 aromatic rings. The highest BCUT2D eigenvalue weighted by molar-refractivity contribution is 7.80. The molecule has 1 amide bonds. The molecule has 6 heteroatoms. The number of halogens is 1. The number of hydrogen-bond acceptors (Lipinski definition) is 2. The van der Waals surface area contributed by atoms with Crippen LogP contribution in [0.2, 0.25) is 5.02 Å². The van der Waals surface area contributed by atoms with Crippen molar-refractivity contribution in [2.24, 2.45) is 0 Å². The summed E-state index contributed by atoms with van der Waals surface area (Å²) in [5, 5.41) is 7.46. The number of benzene rings is 1. The van der Waals surface area contributed by atoms with E-state index in [0.717, 1.165) is 25.8 Å². The van der Waals surface area contributed by atoms with Crippen molar-refractivity contribution in [3.8, 4) is 0 Å². The van der Waals surface area contributed by atoms with Gasteiger partial charge in [0.15, 0.2) is 5.11 Å². The lowest BCUT2D eigenvalue weighted by atomic mass is 10.2. The maximum absolute atomic E-state index is 12.5. The number of carbonyl (C=O) groups excluding carboxylic acids is 1. The van der Waals surface area contributed by atoms with Gasteiger partial charge in [-0.2, -0.15) is 0 Å². The molecule has 0 saturated heterocycles. The van der Waals surface area contributed by atoms with Crippen molar-refractivity contribution in [3.05, 3.63) is 29.3 Å². The van der Waals surface area contributed by atoms with E-state index in [1.807, 2.05) is 24.0 Å². The van der Waals surface area contributed by atoms with E-state index < -0.39 is 0 Å². The molecule has 1 aromatic carbocycles. The first-order valence-electron chi connectivity index (χ1n) is 7.64. The summed E-state index contributed by atoms with van der Waals surface area (Å²) >= 11 is 11.4. The van der Waals surface area contributed by atoms with Crippen LogP contribution in [0.3, 0.4) is 0 Å². The molecule has 2 rings (SSSR count). The lowest BCUT2D eigenvalue weighted by Crippen LogP contribution is -2.50. The van der Waals surface area contributed by atoms with Crippen molar-refractivity contribution in [2.45, 2.75) is 45.2 Å². The van der Waals surface area contributed by atoms with E-state index in [4.69, 9.17) is 23.8 Å². The fraction of sp³-hybridized carbons (Fsp3) is 0.500. The molecule has 120 valence electrons. The quantitative estimate of drug-likeness (QED) is 0.779. The van der Waals surface area contributed by atoms with Crippen molar-refractivity contribution in [1.82, 2.24) is 10.2 Å². The zero-order chi connectivity index (χ0) is 16.1. The van der Waals surface area contributed by atoms with E-state index in [-0.39, 0.29) is 11.9 Å². The fourth-order valence-electron chi connectivity index (χ4n) is 2.15. The number of rotatable bonds is 6. The zero-order valence-electron chi connectivity index (χ0n) is 12.9. The first-order chi connectivity index (χ1) is 10.5. The third-order valence-corrected chi connectivity index (χ3v) is 4.16. The molecule has 1 saturated carbocycles. The van der Waals surface area contributed by atoms with E-state index in [0.29, 0.717) is 21.9 Å². The van der Waals surface area contributed by atoms with Gasteiger partial charge in [-0.1, -0.05) is 24.6 Å². The Kier molecular flexibility index (Phi) is 6.03. The maximum Gasteiger partial charge on any atom is 0.246 e. The van der Waals surface area contributed by atoms with Gasteiger partial charge in [0.05, 0.1) is 0 Å². The lowest BCUT2D eigenvalue weighted by Gasteiger charge is -2.30. The molecule has 1 atom stereocenters. The Morgan fingerprint density at radius 3 is 2.82 bits per heavy atom. The van der Waals surface area contributed by atoms with Crippen LogP contribution in [-0.4, -0.2) is 34.5 Å². The van der Waals surface area contributed by atoms with Gasteiger partial charge in [-0.3, -0.25) is 4.79 Å². The Balaban J connectivity index is 1.99. The van der Waals surface area contributed by atoms with Crippen LogP contribution in [0, 0.1) is 0 Å². The Morgan fingerprint density at radius 1 is 1.50 bits per heavy atom. The summed E-state index contributed by atoms with van der Waals surface area (Å²) in [6.07, 6.45) is 3.24. The van der Waals surface area contributed by atoms with Gasteiger partial charge in [0.25, 0.3) is 0 Å². The van der Waals surface area contributed by atoms with Gasteiger partial charge in [0.1, 0.15) is 6.04 Å². The first-order valence-corrected chi connectivity index (χ1v) is 8.43. The highest BCUT2D eigenvalue weighted by Gasteiger charge is 2.28. The van der Waals surface area contributed by atoms with E-state index >= 15 is 0 Å². The van der Waals surface area contributed by atoms with Gasteiger partial charge < -0.3 is 15.5 Å². The summed E-state index contributed by atoms with van der Waals surface area (Å²) in [6, 6.07) is 7.29. The summed E-state index contributed by atoms with van der Waals surface area (Å²) < 4.78 is 0. The average molecular weight is 340 g/mol. The molecule has 1 aliphatic carbocycles. The van der Waals surface area contributed by atoms with Crippen molar-refractivity contribution < 1.29 is 4.79 Å². The van der Waals surface area contributed by atoms with Gasteiger partial charge in [-0.15, -0.1) is 0 Å². The first kappa shape index (κ1) is 17.0. The second kappa shape index (κ2) is 7.79. The zero-order valence-corrected chi connectivity index (χ0v) is 14.5. The van der Waals surface area contributed by atoms with Gasteiger partial charge in [-0.05, 0) is 56.6 Å². The summed E-state index contributed by atoms with van der Waals surface area (Å²) in [7, 11) is 0. The van der Waals surface area contributed by atoms with Crippen LogP contribution in [0.15, 0.2) is 24.3 Å². The molecule has 0 bridgehead atoms. The van der Waals surface area contributed by atoms with Crippen LogP contribution in [0.25, 0.3) is 0 Å². The number of nitrogens with zero attached hydrogens (tertiary/aromatic N) is 1. The molecule has 0 heterocycles. The third-order valence-electron chi connectivity index (χ3n) is 3.57. The van der Waals surface area contributed by atoms with Gasteiger partial charge in [-0.25, -0.2) is 0 Å². The fourth-order valence-corrected chi connectivity index (χ4v) is 2.76. The second-order valence-corrected chi connectivity index (χ2v) is 6.42. The standard InChI is InChI=1S/C16H22ClN3OS/c1-3-9-20(16(22)19-13-7-8-13)11(2)15(21)18-14-6-4-5-12(17)10-14/h4-6,10-11,13H,3,7-9H2,1-2H3,(H,18,21)(H,19,22)/t11-/m1/s1. The normalized spacial score (nSPS) is 15.0. The number of carbonyl (C=O) groups is 1. The molecule has 0 spiro atoms. The summed E-state index contributed by atoms with van der Waals surface area (Å²) in [6.45, 7) is 4.70. The van der Waals surface area contributed by atoms with Crippen LogP contribution < -0.4 is 10.6 Å². The van der Waals surface area contributed by atoms with Crippen LogP contribution >= 0.6 is 23.8 Å². The Morgan fingerprint density at radius 2 is 2.23 bits per heavy atom. The molecular formula is C16H22ClN3OS. The van der Waals surface area contributed by atoms with E-state index in [2.05, 4.69) is 17.6 Å². The molecule has 0 radical (unpaired) electrons. The highest BCUT2D eigenvalue weighted by atomic mass is 35.5. The largest absolute Gasteiger partial charge is 0.360 e. The molecule has 0 aromatic heterocycles. The number of hydrogen-bond donors (Lipinski definition) is 2. The SMILES string of the molecule is CCCN(C(=S)NC1CC1)[C@H](C)C(=O)Nc1cccc(Cl)c1. The summed E-state index contributed by atoms with van der Waals surface area (Å²) in [5.41, 5.74) is 0.696. The van der Waals surface area contributed by atoms with Gasteiger partial charge in [0.2, 0.25) is 5.91 Å². The molecule has 22 heavy (non-hydrogen) atoms. The Labute approximate surface area is 142 Å². The predicted molar refractivity (Wildman–Crippen MR) is 95.3 cm³/mol. The smallest absolute Gasteiger partial charge is 0.246 e. The number of nitrogens with one attached hydrogen (secondary N) is 2. The van der Waals surface area contributed by atoms with Crippen molar-refractivity contribution in [3.63, 3.8) is 0 Å². The highest BCUT2D eigenvalue weighted by Crippen LogP contribution is 2.20. The van der Waals surface area contributed by atoms with Gasteiger partial charge >= 0.3 is 0 Å². The monoisotopic (exact) mass is 339 g/mol. The minimum atomic E-state index is -0.335. The average Bonchev–Trinajstić information content (AvgIpc) is 3.27. The molecular weight excluding hydrogens is 318 g/mol. The summed E-state index contributed by atoms with van der Waals surface area (Å²) in [5.74, 6) is -0.0873. The molecule has 0 aliphatic heterocycles. The Hall–Kier alpha value is -1.33. The van der Waals surface area contributed by atoms with Crippen molar-refractivity contribution in [2.75, 3.05) is 11.9 Å². The third kappa shape index (κ3) is 4.85. The van der Waals surface area contributed by atoms with Crippen LogP contribution in [0.4, 0.5) is 5.69 Å². The van der Waals surface area contributed by atoms with Crippen molar-refractivity contribution in [1.29, 1.82) is 0 Å². The topological polar surface area (TPSA) is 44.4 Å². The van der Waals surface area contributed by atoms with E-state index in [1.165, 1.54) is 0 Å². The molecule has 1 fully saturated rings. The van der Waals surface area contributed by atoms with Crippen LogP contribution in [-0.2, 0) is 4.79 Å². The minimum absolute atomic E-state index is 0.0873. The summed E-state index contributed by atoms with van der Waals surface area (Å²) in [4.78, 5) is 14.4. The Bertz CT molecular complexity index is 548.